The Kier molecular flexibility index (Phi) is 9.92. The molecule has 0 saturated carbocycles. The third kappa shape index (κ3) is 7.36. The van der Waals surface area contributed by atoms with Crippen molar-refractivity contribution in [2.24, 2.45) is 0 Å². The van der Waals surface area contributed by atoms with Crippen molar-refractivity contribution < 1.29 is 28.6 Å². The van der Waals surface area contributed by atoms with E-state index in [0.717, 1.165) is 26.5 Å². The molecule has 0 radical (unpaired) electrons. The molecule has 3 N–H and O–H groups in total. The molecule has 0 aliphatic carbocycles. The first-order valence-electron chi connectivity index (χ1n) is 13.3. The Balaban J connectivity index is 0.00000248. The van der Waals surface area contributed by atoms with Crippen LogP contribution in [0.3, 0.4) is 0 Å². The molecule has 2 heterocycles. The first-order chi connectivity index (χ1) is 20.2. The van der Waals surface area contributed by atoms with Crippen molar-refractivity contribution >= 4 is 45.9 Å². The molecule has 43 heavy (non-hydrogen) atoms. The second-order valence-corrected chi connectivity index (χ2v) is 11.5. The number of ether oxygens (including phenoxy) is 1. The van der Waals surface area contributed by atoms with Gasteiger partial charge >= 0.3 is 17.8 Å². The number of hydrogen-bond donors (Lipinski definition) is 3. The molecule has 0 bridgehead atoms. The highest BCUT2D eigenvalue weighted by Crippen LogP contribution is 2.25. The lowest BCUT2D eigenvalue weighted by Crippen LogP contribution is -2.36. The number of aryl methyl sites for hydroxylation is 1. The van der Waals surface area contributed by atoms with Crippen LogP contribution in [0.25, 0.3) is 16.6 Å². The van der Waals surface area contributed by atoms with E-state index in [-0.39, 0.29) is 27.8 Å². The minimum absolute atomic E-state index is 0.0744. The van der Waals surface area contributed by atoms with Crippen LogP contribution in [0.1, 0.15) is 60.8 Å². The number of amides is 2. The molecule has 2 aromatic carbocycles. The van der Waals surface area contributed by atoms with E-state index in [1.165, 1.54) is 42.6 Å². The number of H-pyrrole nitrogens is 1. The Labute approximate surface area is 250 Å². The van der Waals surface area contributed by atoms with Crippen LogP contribution in [-0.2, 0) is 9.53 Å². The van der Waals surface area contributed by atoms with Crippen molar-refractivity contribution in [3.05, 3.63) is 90.5 Å². The van der Waals surface area contributed by atoms with E-state index >= 15 is 0 Å². The van der Waals surface area contributed by atoms with Crippen LogP contribution < -0.4 is 21.5 Å². The van der Waals surface area contributed by atoms with Gasteiger partial charge in [-0.3, -0.25) is 14.5 Å². The summed E-state index contributed by atoms with van der Waals surface area (Å²) in [5.41, 5.74) is -2.59. The average molecular weight is 613 g/mol. The summed E-state index contributed by atoms with van der Waals surface area (Å²) >= 11 is 1.25. The highest BCUT2D eigenvalue weighted by atomic mass is 32.1. The molecule has 0 spiro atoms. The first-order valence-corrected chi connectivity index (χ1v) is 14.1. The number of nitrogens with one attached hydrogen (secondary N) is 2. The van der Waals surface area contributed by atoms with Crippen molar-refractivity contribution in [2.75, 3.05) is 11.9 Å². The fraction of sp³-hybridized carbons (Fsp3) is 0.300. The predicted octanol–water partition coefficient (Wildman–Crippen LogP) is 5.14. The van der Waals surface area contributed by atoms with E-state index in [2.05, 4.69) is 10.3 Å². The number of rotatable bonds is 6. The number of carboxylic acid groups (broad SMARTS) is 1. The molecule has 0 fully saturated rings. The molecular weight excluding hydrogens is 579 g/mol. The maximum absolute atomic E-state index is 14.9. The molecule has 1 unspecified atom stereocenters. The average Bonchev–Trinajstić information content (AvgIpc) is 3.37. The molecule has 1 atom stereocenters. The lowest BCUT2D eigenvalue weighted by Gasteiger charge is -2.25. The van der Waals surface area contributed by atoms with Gasteiger partial charge in [-0.1, -0.05) is 13.8 Å². The SMILES string of the molecule is CC.Cc1ccc(C(NC(=O)c2ccc(-n3c(=O)[nH]c4cc(F)c(N(C)C(=O)OC(C)(C)C)cc4c3=O)cc2)C(=O)O)s1. The number of carboxylic acids is 1. The van der Waals surface area contributed by atoms with Crippen LogP contribution in [0.5, 0.6) is 0 Å². The van der Waals surface area contributed by atoms with Gasteiger partial charge in [0, 0.05) is 28.4 Å². The smallest absolute Gasteiger partial charge is 0.414 e. The lowest BCUT2D eigenvalue weighted by molar-refractivity contribution is -0.139. The Morgan fingerprint density at radius 2 is 1.70 bits per heavy atom. The van der Waals surface area contributed by atoms with Gasteiger partial charge in [0.05, 0.1) is 22.3 Å². The highest BCUT2D eigenvalue weighted by Gasteiger charge is 2.25. The summed E-state index contributed by atoms with van der Waals surface area (Å²) < 4.78 is 20.9. The van der Waals surface area contributed by atoms with E-state index in [1.54, 1.807) is 32.9 Å². The first kappa shape index (κ1) is 32.7. The van der Waals surface area contributed by atoms with E-state index < -0.39 is 46.7 Å². The Bertz CT molecular complexity index is 1790. The number of carbonyl (C=O) groups is 3. The summed E-state index contributed by atoms with van der Waals surface area (Å²) in [5.74, 6) is -2.74. The van der Waals surface area contributed by atoms with Gasteiger partial charge < -0.3 is 20.1 Å². The van der Waals surface area contributed by atoms with Gasteiger partial charge in [0.2, 0.25) is 0 Å². The molecule has 0 aliphatic heterocycles. The second kappa shape index (κ2) is 13.0. The van der Waals surface area contributed by atoms with E-state index in [0.29, 0.717) is 4.88 Å². The van der Waals surface area contributed by atoms with Gasteiger partial charge in [0.1, 0.15) is 11.4 Å². The largest absolute Gasteiger partial charge is 0.479 e. The quantitative estimate of drug-likeness (QED) is 0.273. The molecule has 13 heteroatoms. The van der Waals surface area contributed by atoms with Crippen LogP contribution in [0.2, 0.25) is 0 Å². The molecule has 2 amide bonds. The lowest BCUT2D eigenvalue weighted by atomic mass is 10.1. The molecular formula is C30H33FN4O7S. The number of nitrogens with zero attached hydrogens (tertiary/aromatic N) is 2. The molecule has 0 aliphatic rings. The van der Waals surface area contributed by atoms with Gasteiger partial charge in [0.25, 0.3) is 11.5 Å². The number of anilines is 1. The van der Waals surface area contributed by atoms with E-state index in [4.69, 9.17) is 4.74 Å². The fourth-order valence-electron chi connectivity index (χ4n) is 3.99. The number of aromatic amines is 1. The predicted molar refractivity (Wildman–Crippen MR) is 163 cm³/mol. The number of aromatic nitrogens is 2. The normalized spacial score (nSPS) is 11.7. The molecule has 11 nitrogen and oxygen atoms in total. The molecule has 4 aromatic rings. The van der Waals surface area contributed by atoms with Gasteiger partial charge in [-0.15, -0.1) is 11.3 Å². The Morgan fingerprint density at radius 3 is 2.23 bits per heavy atom. The fourth-order valence-corrected chi connectivity index (χ4v) is 4.91. The zero-order valence-electron chi connectivity index (χ0n) is 24.8. The number of fused-ring (bicyclic) bond motifs is 1. The summed E-state index contributed by atoms with van der Waals surface area (Å²) in [5, 5.41) is 12.0. The summed E-state index contributed by atoms with van der Waals surface area (Å²) in [7, 11) is 1.29. The van der Waals surface area contributed by atoms with Crippen LogP contribution in [0, 0.1) is 12.7 Å². The van der Waals surface area contributed by atoms with Crippen molar-refractivity contribution in [1.82, 2.24) is 14.9 Å². The van der Waals surface area contributed by atoms with Gasteiger partial charge in [-0.05, 0) is 70.2 Å². The third-order valence-corrected chi connectivity index (χ3v) is 7.02. The van der Waals surface area contributed by atoms with Crippen molar-refractivity contribution in [2.45, 2.75) is 53.2 Å². The molecule has 2 aromatic heterocycles. The Hall–Kier alpha value is -4.78. The number of carbonyl (C=O) groups excluding carboxylic acids is 2. The number of aliphatic carboxylic acids is 1. The van der Waals surface area contributed by atoms with Crippen LogP contribution >= 0.6 is 11.3 Å². The summed E-state index contributed by atoms with van der Waals surface area (Å²) in [6.45, 7) is 10.8. The van der Waals surface area contributed by atoms with Crippen molar-refractivity contribution in [1.29, 1.82) is 0 Å². The maximum atomic E-state index is 14.9. The number of thiophene rings is 1. The van der Waals surface area contributed by atoms with Crippen molar-refractivity contribution in [3.8, 4) is 5.69 Å². The summed E-state index contributed by atoms with van der Waals surface area (Å²) in [6.07, 6.45) is -0.839. The highest BCUT2D eigenvalue weighted by molar-refractivity contribution is 7.12. The zero-order valence-corrected chi connectivity index (χ0v) is 25.6. The molecule has 0 saturated heterocycles. The van der Waals surface area contributed by atoms with Crippen LogP contribution in [0.15, 0.2) is 58.1 Å². The number of benzene rings is 2. The van der Waals surface area contributed by atoms with Gasteiger partial charge in [0.15, 0.2) is 6.04 Å². The summed E-state index contributed by atoms with van der Waals surface area (Å²) in [4.78, 5) is 67.9. The van der Waals surface area contributed by atoms with E-state index in [9.17, 15) is 33.5 Å². The monoisotopic (exact) mass is 612 g/mol. The topological polar surface area (TPSA) is 151 Å². The van der Waals surface area contributed by atoms with Crippen molar-refractivity contribution in [3.63, 3.8) is 0 Å². The maximum Gasteiger partial charge on any atom is 0.414 e. The van der Waals surface area contributed by atoms with E-state index in [1.807, 2.05) is 20.8 Å². The minimum Gasteiger partial charge on any atom is -0.479 e. The number of hydrogen-bond acceptors (Lipinski definition) is 7. The van der Waals surface area contributed by atoms with Gasteiger partial charge in [-0.2, -0.15) is 0 Å². The minimum atomic E-state index is -1.25. The summed E-state index contributed by atoms with van der Waals surface area (Å²) in [6, 6.07) is 9.59. The third-order valence-electron chi connectivity index (χ3n) is 5.95. The molecule has 228 valence electrons. The second-order valence-electron chi connectivity index (χ2n) is 10.2. The van der Waals surface area contributed by atoms with Crippen LogP contribution in [0.4, 0.5) is 14.9 Å². The van der Waals surface area contributed by atoms with Gasteiger partial charge in [-0.25, -0.2) is 23.3 Å². The van der Waals surface area contributed by atoms with Crippen LogP contribution in [-0.4, -0.2) is 45.3 Å². The Morgan fingerprint density at radius 1 is 1.07 bits per heavy atom. The number of halogens is 1. The zero-order chi connectivity index (χ0) is 32.2. The standard InChI is InChI=1S/C28H27FN4O7S.C2H6/c1-14-6-11-21(41-14)22(25(36)37)31-23(34)15-7-9-16(10-8-15)33-24(35)17-12-20(18(29)13-19(17)30-26(33)38)32(5)27(39)40-28(2,3)4;1-2/h6-13,22H,1-5H3,(H,30,38)(H,31,34)(H,36,37);1-2H3. The molecule has 4 rings (SSSR count).